The van der Waals surface area contributed by atoms with E-state index in [1.54, 1.807) is 22.3 Å². The van der Waals surface area contributed by atoms with Crippen molar-refractivity contribution in [3.05, 3.63) is 162 Å². The van der Waals surface area contributed by atoms with Gasteiger partial charge in [-0.3, -0.25) is 0 Å². The van der Waals surface area contributed by atoms with Crippen LogP contribution in [0.25, 0.3) is 33.4 Å². The first-order chi connectivity index (χ1) is 26.7. The van der Waals surface area contributed by atoms with Crippen molar-refractivity contribution in [2.75, 3.05) is 4.90 Å². The summed E-state index contributed by atoms with van der Waals surface area (Å²) in [6.07, 6.45) is 12.6. The van der Waals surface area contributed by atoms with Gasteiger partial charge in [0, 0.05) is 27.6 Å². The number of nitrogens with zero attached hydrogens (tertiary/aromatic N) is 1. The first kappa shape index (κ1) is 30.4. The van der Waals surface area contributed by atoms with Crippen LogP contribution in [0.5, 0.6) is 0 Å². The van der Waals surface area contributed by atoms with E-state index in [1.807, 2.05) is 0 Å². The average molecular weight is 698 g/mol. The van der Waals surface area contributed by atoms with Crippen LogP contribution in [-0.2, 0) is 10.8 Å². The third-order valence-electron chi connectivity index (χ3n) is 16.3. The second-order valence-corrected chi connectivity index (χ2v) is 18.5. The van der Waals surface area contributed by atoms with Crippen molar-refractivity contribution in [2.45, 2.75) is 68.6 Å². The minimum Gasteiger partial charge on any atom is -0.309 e. The quantitative estimate of drug-likeness (QED) is 0.177. The van der Waals surface area contributed by atoms with Crippen molar-refractivity contribution in [2.24, 2.45) is 35.5 Å². The Balaban J connectivity index is 1.07. The van der Waals surface area contributed by atoms with Gasteiger partial charge >= 0.3 is 0 Å². The van der Waals surface area contributed by atoms with Crippen LogP contribution in [0.3, 0.4) is 0 Å². The molecule has 6 fully saturated rings. The second kappa shape index (κ2) is 10.9. The summed E-state index contributed by atoms with van der Waals surface area (Å²) in [4.78, 5) is 2.70. The minimum atomic E-state index is 0.135. The predicted octanol–water partition coefficient (Wildman–Crippen LogP) is 13.6. The van der Waals surface area contributed by atoms with Crippen molar-refractivity contribution < 1.29 is 0 Å². The molecular weight excluding hydrogens is 651 g/mol. The lowest BCUT2D eigenvalue weighted by Gasteiger charge is -2.61. The van der Waals surface area contributed by atoms with E-state index in [0.717, 1.165) is 35.5 Å². The Morgan fingerprint density at radius 1 is 0.407 bits per heavy atom. The van der Waals surface area contributed by atoms with Crippen molar-refractivity contribution in [1.82, 2.24) is 0 Å². The molecule has 0 N–H and O–H groups in total. The Bertz CT molecular complexity index is 2460. The molecule has 0 amide bonds. The lowest BCUT2D eigenvalue weighted by Crippen LogP contribution is -2.55. The fourth-order valence-corrected chi connectivity index (χ4v) is 14.8. The lowest BCUT2D eigenvalue weighted by molar-refractivity contribution is -0.0399. The molecule has 0 radical (unpaired) electrons. The molecule has 1 nitrogen and oxygen atoms in total. The maximum atomic E-state index is 2.70. The van der Waals surface area contributed by atoms with Crippen molar-refractivity contribution in [1.29, 1.82) is 0 Å². The standard InChI is InChI=1S/C53H47N/c1-2-10-36(11-3-1)37-21-24-41(25-22-37)54(48-18-8-16-46-50(48)42-12-4-6-14-44(42)52(46)32-33-20-23-38(52)27-33)49-19-9-17-47-51(49)43-13-5-7-15-45(43)53(47)39-28-34-26-35(30-39)31-40(53)29-34/h1-19,21-22,24-25,33-35,38-40H,20,23,26-32H2. The fourth-order valence-electron chi connectivity index (χ4n) is 14.8. The molecule has 0 heterocycles. The van der Waals surface area contributed by atoms with Gasteiger partial charge in [0.25, 0.3) is 0 Å². The SMILES string of the molecule is c1ccc(-c2ccc(N(c3cccc4c3-c3ccccc3C43CC4CCC3C4)c3cccc4c3-c3ccccc3C43C4CC5CC(C4)CC3C5)cc2)cc1. The van der Waals surface area contributed by atoms with E-state index in [4.69, 9.17) is 0 Å². The zero-order valence-corrected chi connectivity index (χ0v) is 31.1. The maximum absolute atomic E-state index is 2.70. The molecule has 14 rings (SSSR count). The van der Waals surface area contributed by atoms with Gasteiger partial charge in [-0.25, -0.2) is 0 Å². The van der Waals surface area contributed by atoms with E-state index in [1.165, 1.54) is 108 Å². The van der Waals surface area contributed by atoms with Gasteiger partial charge in [0.15, 0.2) is 0 Å². The van der Waals surface area contributed by atoms with Crippen LogP contribution >= 0.6 is 0 Å². The molecule has 264 valence electrons. The average Bonchev–Trinajstić information content (AvgIpc) is 3.98. The molecule has 2 spiro atoms. The third-order valence-corrected chi connectivity index (χ3v) is 16.3. The zero-order chi connectivity index (χ0) is 35.2. The van der Waals surface area contributed by atoms with Gasteiger partial charge in [0.2, 0.25) is 0 Å². The van der Waals surface area contributed by atoms with E-state index in [9.17, 15) is 0 Å². The fraction of sp³-hybridized carbons (Fsp3) is 0.321. The summed E-state index contributed by atoms with van der Waals surface area (Å²) < 4.78 is 0. The molecule has 6 bridgehead atoms. The van der Waals surface area contributed by atoms with Crippen LogP contribution in [0.4, 0.5) is 17.1 Å². The Morgan fingerprint density at radius 2 is 0.963 bits per heavy atom. The number of hydrogen-bond donors (Lipinski definition) is 0. The topological polar surface area (TPSA) is 3.24 Å². The summed E-state index contributed by atoms with van der Waals surface area (Å²) in [5.74, 6) is 4.95. The molecule has 3 unspecified atom stereocenters. The molecule has 0 aromatic heterocycles. The predicted molar refractivity (Wildman–Crippen MR) is 221 cm³/mol. The van der Waals surface area contributed by atoms with E-state index in [2.05, 4.69) is 144 Å². The monoisotopic (exact) mass is 697 g/mol. The summed E-state index contributed by atoms with van der Waals surface area (Å²) >= 11 is 0. The van der Waals surface area contributed by atoms with Crippen LogP contribution in [-0.4, -0.2) is 0 Å². The van der Waals surface area contributed by atoms with Crippen LogP contribution in [0.15, 0.2) is 140 Å². The second-order valence-electron chi connectivity index (χ2n) is 18.5. The van der Waals surface area contributed by atoms with Crippen LogP contribution in [0.1, 0.15) is 80.0 Å². The number of benzene rings is 6. The number of fused-ring (bicyclic) bond motifs is 11. The Morgan fingerprint density at radius 3 is 1.63 bits per heavy atom. The van der Waals surface area contributed by atoms with E-state index in [-0.39, 0.29) is 10.8 Å². The highest BCUT2D eigenvalue weighted by Gasteiger charge is 2.62. The van der Waals surface area contributed by atoms with Crippen LogP contribution < -0.4 is 4.90 Å². The highest BCUT2D eigenvalue weighted by atomic mass is 15.1. The highest BCUT2D eigenvalue weighted by Crippen LogP contribution is 2.71. The number of hydrogen-bond acceptors (Lipinski definition) is 1. The Labute approximate surface area is 320 Å². The minimum absolute atomic E-state index is 0.135. The Kier molecular flexibility index (Phi) is 6.13. The van der Waals surface area contributed by atoms with Crippen molar-refractivity contribution in [3.8, 4) is 33.4 Å². The highest BCUT2D eigenvalue weighted by molar-refractivity contribution is 6.00. The molecule has 6 aromatic rings. The van der Waals surface area contributed by atoms with Gasteiger partial charge in [0.1, 0.15) is 0 Å². The lowest BCUT2D eigenvalue weighted by atomic mass is 9.43. The molecule has 6 aromatic carbocycles. The van der Waals surface area contributed by atoms with Crippen molar-refractivity contribution in [3.63, 3.8) is 0 Å². The molecule has 0 aliphatic heterocycles. The molecule has 6 saturated carbocycles. The summed E-state index contributed by atoms with van der Waals surface area (Å²) in [5, 5.41) is 0. The molecular formula is C53H47N. The summed E-state index contributed by atoms with van der Waals surface area (Å²) in [7, 11) is 0. The van der Waals surface area contributed by atoms with E-state index < -0.39 is 0 Å². The normalized spacial score (nSPS) is 31.2. The molecule has 1 heteroatoms. The van der Waals surface area contributed by atoms with Gasteiger partial charge in [-0.1, -0.05) is 122 Å². The van der Waals surface area contributed by atoms with E-state index in [0.29, 0.717) is 0 Å². The van der Waals surface area contributed by atoms with Gasteiger partial charge in [0.05, 0.1) is 11.4 Å². The first-order valence-electron chi connectivity index (χ1n) is 21.1. The van der Waals surface area contributed by atoms with Gasteiger partial charge in [-0.15, -0.1) is 0 Å². The summed E-state index contributed by atoms with van der Waals surface area (Å²) in [5.41, 5.74) is 19.1. The van der Waals surface area contributed by atoms with Crippen molar-refractivity contribution >= 4 is 17.1 Å². The van der Waals surface area contributed by atoms with E-state index >= 15 is 0 Å². The largest absolute Gasteiger partial charge is 0.309 e. The molecule has 8 aliphatic rings. The zero-order valence-electron chi connectivity index (χ0n) is 31.1. The van der Waals surface area contributed by atoms with Gasteiger partial charge in [-0.05, 0) is 156 Å². The molecule has 3 atom stereocenters. The number of anilines is 3. The maximum Gasteiger partial charge on any atom is 0.0543 e. The summed E-state index contributed by atoms with van der Waals surface area (Å²) in [6, 6.07) is 54.4. The first-order valence-corrected chi connectivity index (χ1v) is 21.1. The van der Waals surface area contributed by atoms with Gasteiger partial charge in [-0.2, -0.15) is 0 Å². The number of rotatable bonds is 4. The molecule has 54 heavy (non-hydrogen) atoms. The smallest absolute Gasteiger partial charge is 0.0543 e. The molecule has 0 saturated heterocycles. The van der Waals surface area contributed by atoms with Gasteiger partial charge < -0.3 is 4.90 Å². The Hall–Kier alpha value is -4.88. The third kappa shape index (κ3) is 3.77. The van der Waals surface area contributed by atoms with Crippen LogP contribution in [0, 0.1) is 35.5 Å². The van der Waals surface area contributed by atoms with Crippen LogP contribution in [0.2, 0.25) is 0 Å². The molecule has 8 aliphatic carbocycles. The summed E-state index contributed by atoms with van der Waals surface area (Å²) in [6.45, 7) is 0.